The van der Waals surface area contributed by atoms with Gasteiger partial charge in [0.05, 0.1) is 7.11 Å². The largest absolute Gasteiger partial charge is 0.497 e. The lowest BCUT2D eigenvalue weighted by Crippen LogP contribution is -2.12. The molecule has 0 aliphatic rings. The molecule has 0 saturated carbocycles. The molecule has 2 aromatic carbocycles. The number of benzene rings is 2. The number of ether oxygens (including phenoxy) is 3. The highest BCUT2D eigenvalue weighted by Crippen LogP contribution is 2.26. The zero-order chi connectivity index (χ0) is 18.4. The molecule has 0 fully saturated rings. The molecule has 0 saturated heterocycles. The van der Waals surface area contributed by atoms with Crippen molar-refractivity contribution in [2.75, 3.05) is 20.3 Å². The van der Waals surface area contributed by atoms with Gasteiger partial charge in [0.25, 0.3) is 0 Å². The summed E-state index contributed by atoms with van der Waals surface area (Å²) < 4.78 is 16.3. The SMILES string of the molecule is COc1ccc(C(=O)O)c(OCCOc2ccc(C(C)(C)C)cc2)c1. The fourth-order valence-electron chi connectivity index (χ4n) is 2.29. The average Bonchev–Trinajstić information content (AvgIpc) is 2.58. The molecular weight excluding hydrogens is 320 g/mol. The van der Waals surface area contributed by atoms with Crippen molar-refractivity contribution in [1.82, 2.24) is 0 Å². The van der Waals surface area contributed by atoms with Gasteiger partial charge in [-0.1, -0.05) is 32.9 Å². The van der Waals surface area contributed by atoms with E-state index in [4.69, 9.17) is 14.2 Å². The third kappa shape index (κ3) is 5.14. The molecule has 0 aliphatic carbocycles. The van der Waals surface area contributed by atoms with Crippen molar-refractivity contribution in [3.8, 4) is 17.2 Å². The number of rotatable bonds is 7. The van der Waals surface area contributed by atoms with E-state index < -0.39 is 5.97 Å². The van der Waals surface area contributed by atoms with Crippen LogP contribution in [0.15, 0.2) is 42.5 Å². The Morgan fingerprint density at radius 2 is 1.56 bits per heavy atom. The first-order chi connectivity index (χ1) is 11.8. The summed E-state index contributed by atoms with van der Waals surface area (Å²) in [4.78, 5) is 11.2. The van der Waals surface area contributed by atoms with Gasteiger partial charge in [0.1, 0.15) is 36.0 Å². The third-order valence-corrected chi connectivity index (χ3v) is 3.75. The Balaban J connectivity index is 1.92. The fourth-order valence-corrected chi connectivity index (χ4v) is 2.29. The Hall–Kier alpha value is -2.69. The second-order valence-electron chi connectivity index (χ2n) is 6.64. The minimum atomic E-state index is -1.05. The molecule has 0 spiro atoms. The highest BCUT2D eigenvalue weighted by atomic mass is 16.5. The van der Waals surface area contributed by atoms with Crippen molar-refractivity contribution in [2.45, 2.75) is 26.2 Å². The zero-order valence-electron chi connectivity index (χ0n) is 15.0. The van der Waals surface area contributed by atoms with E-state index in [9.17, 15) is 9.90 Å². The normalized spacial score (nSPS) is 11.0. The van der Waals surface area contributed by atoms with Gasteiger partial charge in [-0.2, -0.15) is 0 Å². The molecule has 0 bridgehead atoms. The first kappa shape index (κ1) is 18.6. The molecule has 0 aliphatic heterocycles. The summed E-state index contributed by atoms with van der Waals surface area (Å²) in [5.74, 6) is 0.509. The minimum Gasteiger partial charge on any atom is -0.497 e. The maximum Gasteiger partial charge on any atom is 0.339 e. The molecule has 0 aromatic heterocycles. The molecule has 0 unspecified atom stereocenters. The van der Waals surface area contributed by atoms with E-state index in [2.05, 4.69) is 20.8 Å². The van der Waals surface area contributed by atoms with Crippen molar-refractivity contribution in [1.29, 1.82) is 0 Å². The van der Waals surface area contributed by atoms with Crippen LogP contribution in [-0.4, -0.2) is 31.4 Å². The van der Waals surface area contributed by atoms with Crippen molar-refractivity contribution in [3.63, 3.8) is 0 Å². The summed E-state index contributed by atoms with van der Waals surface area (Å²) in [6.45, 7) is 7.01. The van der Waals surface area contributed by atoms with E-state index in [1.807, 2.05) is 24.3 Å². The Bertz CT molecular complexity index is 714. The van der Waals surface area contributed by atoms with Crippen molar-refractivity contribution in [2.24, 2.45) is 0 Å². The second-order valence-corrected chi connectivity index (χ2v) is 6.64. The predicted octanol–water partition coefficient (Wildman–Crippen LogP) is 4.15. The van der Waals surface area contributed by atoms with Crippen LogP contribution in [-0.2, 0) is 5.41 Å². The molecule has 5 nitrogen and oxygen atoms in total. The van der Waals surface area contributed by atoms with Crippen molar-refractivity contribution >= 4 is 5.97 Å². The fraction of sp³-hybridized carbons (Fsp3) is 0.350. The second kappa shape index (κ2) is 7.92. The molecule has 2 rings (SSSR count). The van der Waals surface area contributed by atoms with Crippen LogP contribution in [0.4, 0.5) is 0 Å². The summed E-state index contributed by atoms with van der Waals surface area (Å²) >= 11 is 0. The van der Waals surface area contributed by atoms with Crippen LogP contribution < -0.4 is 14.2 Å². The van der Waals surface area contributed by atoms with Crippen LogP contribution in [0.1, 0.15) is 36.7 Å². The molecule has 2 aromatic rings. The number of carboxylic acid groups (broad SMARTS) is 1. The Morgan fingerprint density at radius 1 is 0.960 bits per heavy atom. The van der Waals surface area contributed by atoms with E-state index in [1.54, 1.807) is 12.1 Å². The molecule has 0 amide bonds. The van der Waals surface area contributed by atoms with Gasteiger partial charge in [-0.05, 0) is 35.2 Å². The minimum absolute atomic E-state index is 0.0929. The Labute approximate surface area is 148 Å². The Morgan fingerprint density at radius 3 is 2.12 bits per heavy atom. The first-order valence-electron chi connectivity index (χ1n) is 8.09. The van der Waals surface area contributed by atoms with Gasteiger partial charge >= 0.3 is 5.97 Å². The molecule has 1 N–H and O–H groups in total. The molecule has 5 heteroatoms. The van der Waals surface area contributed by atoms with Crippen LogP contribution >= 0.6 is 0 Å². The van der Waals surface area contributed by atoms with Crippen LogP contribution in [0.25, 0.3) is 0 Å². The molecular formula is C20H24O5. The third-order valence-electron chi connectivity index (χ3n) is 3.75. The van der Waals surface area contributed by atoms with Gasteiger partial charge in [0.2, 0.25) is 0 Å². The summed E-state index contributed by atoms with van der Waals surface area (Å²) in [5.41, 5.74) is 1.43. The van der Waals surface area contributed by atoms with E-state index in [1.165, 1.54) is 18.7 Å². The van der Waals surface area contributed by atoms with Gasteiger partial charge in [-0.3, -0.25) is 0 Å². The highest BCUT2D eigenvalue weighted by Gasteiger charge is 2.14. The first-order valence-corrected chi connectivity index (χ1v) is 8.09. The maximum absolute atomic E-state index is 11.2. The Kier molecular flexibility index (Phi) is 5.91. The van der Waals surface area contributed by atoms with Crippen molar-refractivity contribution in [3.05, 3.63) is 53.6 Å². The van der Waals surface area contributed by atoms with Crippen LogP contribution in [0, 0.1) is 0 Å². The lowest BCUT2D eigenvalue weighted by Gasteiger charge is -2.19. The van der Waals surface area contributed by atoms with Crippen LogP contribution in [0.3, 0.4) is 0 Å². The number of carbonyl (C=O) groups is 1. The summed E-state index contributed by atoms with van der Waals surface area (Å²) in [5, 5.41) is 9.20. The lowest BCUT2D eigenvalue weighted by atomic mass is 9.87. The topological polar surface area (TPSA) is 65.0 Å². The quantitative estimate of drug-likeness (QED) is 0.765. The van der Waals surface area contributed by atoms with Gasteiger partial charge in [0.15, 0.2) is 0 Å². The molecule has 25 heavy (non-hydrogen) atoms. The lowest BCUT2D eigenvalue weighted by molar-refractivity contribution is 0.0691. The monoisotopic (exact) mass is 344 g/mol. The smallest absolute Gasteiger partial charge is 0.339 e. The number of aromatic carboxylic acids is 1. The van der Waals surface area contributed by atoms with Gasteiger partial charge in [0, 0.05) is 6.07 Å². The summed E-state index contributed by atoms with van der Waals surface area (Å²) in [7, 11) is 1.52. The number of hydrogen-bond donors (Lipinski definition) is 1. The van der Waals surface area contributed by atoms with Gasteiger partial charge in [-0.25, -0.2) is 4.79 Å². The van der Waals surface area contributed by atoms with Crippen molar-refractivity contribution < 1.29 is 24.1 Å². The predicted molar refractivity (Wildman–Crippen MR) is 96.1 cm³/mol. The summed E-state index contributed by atoms with van der Waals surface area (Å²) in [6.07, 6.45) is 0. The number of hydrogen-bond acceptors (Lipinski definition) is 4. The molecule has 0 radical (unpaired) electrons. The van der Waals surface area contributed by atoms with Gasteiger partial charge in [-0.15, -0.1) is 0 Å². The highest BCUT2D eigenvalue weighted by molar-refractivity contribution is 5.91. The molecule has 0 atom stereocenters. The standard InChI is InChI=1S/C20H24O5/c1-20(2,3)14-5-7-15(8-6-14)24-11-12-25-18-13-16(23-4)9-10-17(18)19(21)22/h5-10,13H,11-12H2,1-4H3,(H,21,22). The van der Waals surface area contributed by atoms with E-state index >= 15 is 0 Å². The molecule has 0 heterocycles. The van der Waals surface area contributed by atoms with Gasteiger partial charge < -0.3 is 19.3 Å². The number of methoxy groups -OCH3 is 1. The van der Waals surface area contributed by atoms with E-state index in [-0.39, 0.29) is 23.3 Å². The molecule has 134 valence electrons. The average molecular weight is 344 g/mol. The van der Waals surface area contributed by atoms with Crippen LogP contribution in [0.2, 0.25) is 0 Å². The summed E-state index contributed by atoms with van der Waals surface area (Å²) in [6, 6.07) is 12.5. The number of carboxylic acids is 1. The van der Waals surface area contributed by atoms with E-state index in [0.29, 0.717) is 12.4 Å². The maximum atomic E-state index is 11.2. The zero-order valence-corrected chi connectivity index (χ0v) is 15.0. The van der Waals surface area contributed by atoms with E-state index in [0.717, 1.165) is 5.75 Å². The van der Waals surface area contributed by atoms with Crippen LogP contribution in [0.5, 0.6) is 17.2 Å².